The van der Waals surface area contributed by atoms with Gasteiger partial charge in [-0.2, -0.15) is 5.10 Å². The predicted molar refractivity (Wildman–Crippen MR) is 120 cm³/mol. The molecule has 0 bridgehead atoms. The lowest BCUT2D eigenvalue weighted by Gasteiger charge is -2.24. The van der Waals surface area contributed by atoms with Crippen LogP contribution in [-0.2, 0) is 6.54 Å². The van der Waals surface area contributed by atoms with Crippen molar-refractivity contribution in [1.82, 2.24) is 19.7 Å². The quantitative estimate of drug-likeness (QED) is 0.395. The zero-order valence-corrected chi connectivity index (χ0v) is 18.1. The van der Waals surface area contributed by atoms with Crippen molar-refractivity contribution in [2.24, 2.45) is 11.5 Å². The standard InChI is InChI=1S/C21H27FN8O2/c1-3-4-5-15(11(2)23)27-20-14(22)8-12(18(24)31)19(29-20)28-16-10-25-21-17-13(16)9-26-30(17)6-7-32-21/h8-11,15H,3-7,23H2,1-2H3,(H2,24,31)(H2,27,28,29)/t11-,15+/m0/s1. The maximum atomic E-state index is 14.8. The Morgan fingerprint density at radius 2 is 2.19 bits per heavy atom. The number of unbranched alkanes of at least 4 members (excludes halogenated alkanes) is 1. The van der Waals surface area contributed by atoms with Crippen LogP contribution in [0.15, 0.2) is 18.5 Å². The van der Waals surface area contributed by atoms with Gasteiger partial charge < -0.3 is 26.8 Å². The summed E-state index contributed by atoms with van der Waals surface area (Å²) >= 11 is 0. The van der Waals surface area contributed by atoms with Gasteiger partial charge in [0.05, 0.1) is 35.6 Å². The van der Waals surface area contributed by atoms with E-state index in [9.17, 15) is 9.18 Å². The van der Waals surface area contributed by atoms with Crippen LogP contribution in [-0.4, -0.2) is 44.3 Å². The molecule has 1 amide bonds. The van der Waals surface area contributed by atoms with E-state index in [4.69, 9.17) is 16.2 Å². The molecular weight excluding hydrogens is 415 g/mol. The number of nitrogens with zero attached hydrogens (tertiary/aromatic N) is 4. The molecule has 1 aliphatic heterocycles. The van der Waals surface area contributed by atoms with Crippen LogP contribution in [0.5, 0.6) is 5.88 Å². The molecule has 3 aromatic heterocycles. The van der Waals surface area contributed by atoms with Gasteiger partial charge in [-0.25, -0.2) is 14.4 Å². The Morgan fingerprint density at radius 3 is 2.91 bits per heavy atom. The molecule has 0 aliphatic carbocycles. The van der Waals surface area contributed by atoms with Gasteiger partial charge in [0.1, 0.15) is 17.9 Å². The molecule has 0 spiro atoms. The van der Waals surface area contributed by atoms with E-state index in [0.29, 0.717) is 24.7 Å². The van der Waals surface area contributed by atoms with E-state index in [1.807, 2.05) is 6.92 Å². The van der Waals surface area contributed by atoms with Crippen LogP contribution in [0.2, 0.25) is 0 Å². The summed E-state index contributed by atoms with van der Waals surface area (Å²) in [5.74, 6) is -0.893. The highest BCUT2D eigenvalue weighted by atomic mass is 19.1. The number of rotatable bonds is 9. The zero-order valence-electron chi connectivity index (χ0n) is 18.1. The van der Waals surface area contributed by atoms with Crippen molar-refractivity contribution >= 4 is 34.1 Å². The molecule has 0 unspecified atom stereocenters. The first-order valence-corrected chi connectivity index (χ1v) is 10.7. The normalized spacial score (nSPS) is 14.6. The largest absolute Gasteiger partial charge is 0.474 e. The number of anilines is 3. The summed E-state index contributed by atoms with van der Waals surface area (Å²) in [6.45, 7) is 5.03. The lowest BCUT2D eigenvalue weighted by Crippen LogP contribution is -2.38. The molecule has 6 N–H and O–H groups in total. The van der Waals surface area contributed by atoms with Crippen LogP contribution in [0.1, 0.15) is 43.5 Å². The number of primary amides is 1. The van der Waals surface area contributed by atoms with E-state index in [0.717, 1.165) is 36.2 Å². The highest BCUT2D eigenvalue weighted by Crippen LogP contribution is 2.34. The van der Waals surface area contributed by atoms with Crippen molar-refractivity contribution in [3.05, 3.63) is 29.8 Å². The highest BCUT2D eigenvalue weighted by molar-refractivity contribution is 6.01. The number of amides is 1. The van der Waals surface area contributed by atoms with Crippen LogP contribution in [0.3, 0.4) is 0 Å². The number of ether oxygens (including phenoxy) is 1. The van der Waals surface area contributed by atoms with E-state index in [-0.39, 0.29) is 29.3 Å². The fourth-order valence-electron chi connectivity index (χ4n) is 3.73. The fraction of sp³-hybridized carbons (Fsp3) is 0.429. The molecule has 10 nitrogen and oxygen atoms in total. The van der Waals surface area contributed by atoms with Gasteiger partial charge in [0.25, 0.3) is 5.91 Å². The molecule has 2 atom stereocenters. The third-order valence-electron chi connectivity index (χ3n) is 5.50. The summed E-state index contributed by atoms with van der Waals surface area (Å²) in [4.78, 5) is 20.7. The van der Waals surface area contributed by atoms with Crippen molar-refractivity contribution in [2.75, 3.05) is 17.2 Å². The van der Waals surface area contributed by atoms with Crippen molar-refractivity contribution in [2.45, 2.75) is 51.7 Å². The van der Waals surface area contributed by atoms with E-state index in [1.54, 1.807) is 17.1 Å². The maximum Gasteiger partial charge on any atom is 0.252 e. The number of halogens is 1. The number of hydrogen-bond acceptors (Lipinski definition) is 8. The van der Waals surface area contributed by atoms with Gasteiger partial charge in [-0.1, -0.05) is 19.8 Å². The molecule has 3 aromatic rings. The van der Waals surface area contributed by atoms with Gasteiger partial charge in [-0.15, -0.1) is 0 Å². The number of carbonyl (C=O) groups excluding carboxylic acids is 1. The van der Waals surface area contributed by atoms with Gasteiger partial charge in [0, 0.05) is 12.1 Å². The Hall–Kier alpha value is -3.47. The highest BCUT2D eigenvalue weighted by Gasteiger charge is 2.23. The minimum atomic E-state index is -0.804. The predicted octanol–water partition coefficient (Wildman–Crippen LogP) is 2.52. The minimum absolute atomic E-state index is 0.00290. The molecule has 11 heteroatoms. The molecule has 1 aliphatic rings. The first-order valence-electron chi connectivity index (χ1n) is 10.7. The van der Waals surface area contributed by atoms with Gasteiger partial charge in [-0.05, 0) is 19.4 Å². The molecule has 0 aromatic carbocycles. The second kappa shape index (κ2) is 8.95. The average molecular weight is 442 g/mol. The average Bonchev–Trinajstić information content (AvgIpc) is 3.20. The van der Waals surface area contributed by atoms with Crippen LogP contribution < -0.4 is 26.8 Å². The Morgan fingerprint density at radius 1 is 1.38 bits per heavy atom. The number of nitrogens with one attached hydrogen (secondary N) is 2. The first-order chi connectivity index (χ1) is 15.4. The van der Waals surface area contributed by atoms with Crippen molar-refractivity contribution in [3.8, 4) is 5.88 Å². The van der Waals surface area contributed by atoms with Gasteiger partial charge in [0.15, 0.2) is 11.6 Å². The van der Waals surface area contributed by atoms with Gasteiger partial charge in [-0.3, -0.25) is 9.48 Å². The Labute approximate surface area is 184 Å². The fourth-order valence-corrected chi connectivity index (χ4v) is 3.73. The molecule has 170 valence electrons. The minimum Gasteiger partial charge on any atom is -0.474 e. The Balaban J connectivity index is 1.71. The summed E-state index contributed by atoms with van der Waals surface area (Å²) < 4.78 is 22.2. The summed E-state index contributed by atoms with van der Waals surface area (Å²) in [6, 6.07) is 0.681. The number of carbonyl (C=O) groups is 1. The smallest absolute Gasteiger partial charge is 0.252 e. The Kier molecular flexibility index (Phi) is 6.08. The lowest BCUT2D eigenvalue weighted by atomic mass is 10.0. The number of hydrogen-bond donors (Lipinski definition) is 4. The van der Waals surface area contributed by atoms with Gasteiger partial charge in [0.2, 0.25) is 5.88 Å². The second-order valence-corrected chi connectivity index (χ2v) is 7.91. The second-order valence-electron chi connectivity index (χ2n) is 7.91. The van der Waals surface area contributed by atoms with Crippen molar-refractivity contribution in [3.63, 3.8) is 0 Å². The number of nitrogens with two attached hydrogens (primary N) is 2. The molecule has 0 radical (unpaired) electrons. The third-order valence-corrected chi connectivity index (χ3v) is 5.50. The number of aromatic nitrogens is 4. The SMILES string of the molecule is CCCC[C@@H](Nc1nc(Nc2cnc3c4c2cnn4CCO3)c(C(N)=O)cc1F)[C@H](C)N. The molecule has 0 saturated heterocycles. The van der Waals surface area contributed by atoms with E-state index < -0.39 is 11.7 Å². The van der Waals surface area contributed by atoms with Crippen molar-refractivity contribution in [1.29, 1.82) is 0 Å². The van der Waals surface area contributed by atoms with Crippen LogP contribution in [0.25, 0.3) is 10.9 Å². The summed E-state index contributed by atoms with van der Waals surface area (Å²) in [5.41, 5.74) is 12.8. The topological polar surface area (TPSA) is 146 Å². The monoisotopic (exact) mass is 442 g/mol. The molecule has 4 rings (SSSR count). The Bertz CT molecular complexity index is 1150. The van der Waals surface area contributed by atoms with Gasteiger partial charge >= 0.3 is 0 Å². The van der Waals surface area contributed by atoms with E-state index in [2.05, 4.69) is 32.6 Å². The van der Waals surface area contributed by atoms with Crippen molar-refractivity contribution < 1.29 is 13.9 Å². The zero-order chi connectivity index (χ0) is 22.8. The molecular formula is C21H27FN8O2. The van der Waals surface area contributed by atoms with E-state index in [1.165, 1.54) is 0 Å². The number of pyridine rings is 2. The summed E-state index contributed by atoms with van der Waals surface area (Å²) in [6.07, 6.45) is 5.93. The summed E-state index contributed by atoms with van der Waals surface area (Å²) in [7, 11) is 0. The summed E-state index contributed by atoms with van der Waals surface area (Å²) in [5, 5.41) is 11.3. The maximum absolute atomic E-state index is 14.8. The van der Waals surface area contributed by atoms with Crippen LogP contribution in [0.4, 0.5) is 21.7 Å². The first kappa shape index (κ1) is 21.8. The molecule has 0 saturated carbocycles. The lowest BCUT2D eigenvalue weighted by molar-refractivity contribution is 0.100. The molecule has 0 fully saturated rings. The van der Waals surface area contributed by atoms with E-state index >= 15 is 0 Å². The van der Waals surface area contributed by atoms with Crippen LogP contribution in [0, 0.1) is 5.82 Å². The molecule has 32 heavy (non-hydrogen) atoms. The third kappa shape index (κ3) is 4.15. The van der Waals surface area contributed by atoms with Crippen LogP contribution >= 0.6 is 0 Å². The molecule has 4 heterocycles.